The first-order valence-corrected chi connectivity index (χ1v) is 12.0. The van der Waals surface area contributed by atoms with Crippen molar-refractivity contribution in [2.75, 3.05) is 19.3 Å². The molecule has 3 aromatic rings. The van der Waals surface area contributed by atoms with E-state index in [4.69, 9.17) is 0 Å². The number of hydrogen-bond donors (Lipinski definition) is 0. The topological polar surface area (TPSA) is 37.4 Å². The van der Waals surface area contributed by atoms with Gasteiger partial charge in [0.1, 0.15) is 0 Å². The van der Waals surface area contributed by atoms with E-state index < -0.39 is 26.5 Å². The highest BCUT2D eigenvalue weighted by Gasteiger charge is 2.37. The van der Waals surface area contributed by atoms with Crippen molar-refractivity contribution in [3.05, 3.63) is 107 Å². The first-order chi connectivity index (χ1) is 15.1. The number of nitrogens with zero attached hydrogens (tertiary/aromatic N) is 1. The molecule has 0 N–H and O–H groups in total. The minimum atomic E-state index is -4.75. The molecule has 0 radical (unpaired) electrons. The maximum Gasteiger partial charge on any atom is 0.417 e. The molecule has 0 bridgehead atoms. The third-order valence-corrected chi connectivity index (χ3v) is 6.69. The zero-order valence-electron chi connectivity index (χ0n) is 17.4. The molecular formula is C25H22F3NO2S. The van der Waals surface area contributed by atoms with Crippen LogP contribution in [0.2, 0.25) is 0 Å². The van der Waals surface area contributed by atoms with Gasteiger partial charge in [-0.2, -0.15) is 13.2 Å². The monoisotopic (exact) mass is 457 g/mol. The molecule has 1 heterocycles. The van der Waals surface area contributed by atoms with Crippen LogP contribution >= 0.6 is 0 Å². The van der Waals surface area contributed by atoms with Gasteiger partial charge in [0.15, 0.2) is 9.84 Å². The van der Waals surface area contributed by atoms with Crippen molar-refractivity contribution >= 4 is 15.9 Å². The highest BCUT2D eigenvalue weighted by atomic mass is 32.2. The van der Waals surface area contributed by atoms with Crippen molar-refractivity contribution in [3.63, 3.8) is 0 Å². The van der Waals surface area contributed by atoms with Crippen LogP contribution in [0.1, 0.15) is 28.3 Å². The zero-order chi connectivity index (χ0) is 22.9. The second-order valence-corrected chi connectivity index (χ2v) is 9.88. The van der Waals surface area contributed by atoms with Crippen molar-refractivity contribution in [1.82, 2.24) is 4.90 Å². The van der Waals surface area contributed by atoms with E-state index >= 15 is 0 Å². The number of hydrogen-bond acceptors (Lipinski definition) is 3. The normalized spacial score (nSPS) is 15.0. The molecular weight excluding hydrogens is 435 g/mol. The largest absolute Gasteiger partial charge is 0.417 e. The van der Waals surface area contributed by atoms with Gasteiger partial charge in [-0.05, 0) is 28.3 Å². The van der Waals surface area contributed by atoms with Crippen molar-refractivity contribution in [3.8, 4) is 0 Å². The molecule has 0 unspecified atom stereocenters. The van der Waals surface area contributed by atoms with Gasteiger partial charge in [0.05, 0.1) is 16.5 Å². The molecule has 0 spiro atoms. The fraction of sp³-hybridized carbons (Fsp3) is 0.200. The van der Waals surface area contributed by atoms with Gasteiger partial charge in [0.2, 0.25) is 0 Å². The summed E-state index contributed by atoms with van der Waals surface area (Å²) in [4.78, 5) is 1.55. The van der Waals surface area contributed by atoms with E-state index in [0.717, 1.165) is 29.0 Å². The lowest BCUT2D eigenvalue weighted by molar-refractivity contribution is -0.139. The van der Waals surface area contributed by atoms with Crippen LogP contribution in [-0.4, -0.2) is 32.7 Å². The van der Waals surface area contributed by atoms with E-state index in [9.17, 15) is 21.6 Å². The van der Waals surface area contributed by atoms with Crippen molar-refractivity contribution < 1.29 is 21.6 Å². The van der Waals surface area contributed by atoms with Crippen LogP contribution in [0.4, 0.5) is 13.2 Å². The van der Waals surface area contributed by atoms with Crippen LogP contribution in [0.3, 0.4) is 0 Å². The highest BCUT2D eigenvalue weighted by Crippen LogP contribution is 2.38. The SMILES string of the molecule is CS(=O)(=O)c1c(C=C2CN(C(c3ccccc3)c3ccccc3)C2)cccc1C(F)(F)F. The van der Waals surface area contributed by atoms with E-state index in [2.05, 4.69) is 4.90 Å². The van der Waals surface area contributed by atoms with Crippen LogP contribution in [0.15, 0.2) is 89.3 Å². The van der Waals surface area contributed by atoms with Gasteiger partial charge in [0.25, 0.3) is 0 Å². The fourth-order valence-electron chi connectivity index (χ4n) is 4.16. The molecule has 1 fully saturated rings. The summed E-state index contributed by atoms with van der Waals surface area (Å²) < 4.78 is 64.7. The predicted octanol–water partition coefficient (Wildman–Crippen LogP) is 5.60. The summed E-state index contributed by atoms with van der Waals surface area (Å²) in [6.07, 6.45) is -2.35. The van der Waals surface area contributed by atoms with E-state index in [1.807, 2.05) is 60.7 Å². The number of rotatable bonds is 5. The van der Waals surface area contributed by atoms with Gasteiger partial charge < -0.3 is 0 Å². The summed E-state index contributed by atoms with van der Waals surface area (Å²) in [7, 11) is -4.07. The average Bonchev–Trinajstić information content (AvgIpc) is 2.72. The minimum absolute atomic E-state index is 0.00503. The van der Waals surface area contributed by atoms with Crippen LogP contribution in [0.5, 0.6) is 0 Å². The molecule has 1 saturated heterocycles. The molecule has 0 aliphatic carbocycles. The molecule has 1 aliphatic rings. The van der Waals surface area contributed by atoms with Gasteiger partial charge in [-0.3, -0.25) is 4.90 Å². The molecule has 0 amide bonds. The maximum absolute atomic E-state index is 13.4. The average molecular weight is 458 g/mol. The molecule has 166 valence electrons. The standard InChI is InChI=1S/C25H22F3NO2S/c1-32(30,31)24-21(13-8-14-22(24)25(26,27)28)15-18-16-29(17-18)23(19-9-4-2-5-10-19)20-11-6-3-7-12-20/h2-15,23H,16-17H2,1H3. The van der Waals surface area contributed by atoms with Crippen molar-refractivity contribution in [2.45, 2.75) is 17.1 Å². The molecule has 1 aliphatic heterocycles. The van der Waals surface area contributed by atoms with Crippen LogP contribution < -0.4 is 0 Å². The Balaban J connectivity index is 1.66. The molecule has 7 heteroatoms. The summed E-state index contributed by atoms with van der Waals surface area (Å²) in [5, 5.41) is 0. The Labute approximate surface area is 185 Å². The van der Waals surface area contributed by atoms with Crippen molar-refractivity contribution in [1.29, 1.82) is 0 Å². The van der Waals surface area contributed by atoms with Gasteiger partial charge in [-0.25, -0.2) is 8.42 Å². The predicted molar refractivity (Wildman–Crippen MR) is 119 cm³/mol. The summed E-state index contributed by atoms with van der Waals surface area (Å²) in [6.45, 7) is 1.07. The first-order valence-electron chi connectivity index (χ1n) is 10.1. The van der Waals surface area contributed by atoms with E-state index in [-0.39, 0.29) is 11.6 Å². The molecule has 32 heavy (non-hydrogen) atoms. The number of sulfone groups is 1. The third-order valence-electron chi connectivity index (χ3n) is 5.49. The Bertz CT molecular complexity index is 1190. The molecule has 0 aromatic heterocycles. The Morgan fingerprint density at radius 1 is 0.844 bits per heavy atom. The van der Waals surface area contributed by atoms with E-state index in [1.165, 1.54) is 12.1 Å². The van der Waals surface area contributed by atoms with E-state index in [0.29, 0.717) is 13.1 Å². The quantitative estimate of drug-likeness (QED) is 0.501. The number of likely N-dealkylation sites (tertiary alicyclic amines) is 1. The maximum atomic E-state index is 13.4. The Kier molecular flexibility index (Phi) is 5.97. The van der Waals surface area contributed by atoms with Crippen LogP contribution in [0, 0.1) is 0 Å². The van der Waals surface area contributed by atoms with E-state index in [1.54, 1.807) is 6.08 Å². The minimum Gasteiger partial charge on any atom is -0.284 e. The lowest BCUT2D eigenvalue weighted by atomic mass is 9.92. The molecule has 4 rings (SSSR count). The third kappa shape index (κ3) is 4.64. The van der Waals surface area contributed by atoms with Gasteiger partial charge >= 0.3 is 6.18 Å². The summed E-state index contributed by atoms with van der Waals surface area (Å²) in [5.41, 5.74) is 2.07. The van der Waals surface area contributed by atoms with Gasteiger partial charge in [0, 0.05) is 19.3 Å². The van der Waals surface area contributed by atoms with Crippen LogP contribution in [0.25, 0.3) is 6.08 Å². The number of alkyl halides is 3. The molecule has 0 saturated carbocycles. The second-order valence-electron chi connectivity index (χ2n) is 7.93. The number of benzene rings is 3. The van der Waals surface area contributed by atoms with Gasteiger partial charge in [-0.1, -0.05) is 78.9 Å². The zero-order valence-corrected chi connectivity index (χ0v) is 18.2. The fourth-order valence-corrected chi connectivity index (χ4v) is 5.30. The molecule has 3 aromatic carbocycles. The Morgan fingerprint density at radius 3 is 1.84 bits per heavy atom. The van der Waals surface area contributed by atoms with Gasteiger partial charge in [-0.15, -0.1) is 0 Å². The summed E-state index contributed by atoms with van der Waals surface area (Å²) in [5.74, 6) is 0. The lowest BCUT2D eigenvalue weighted by Crippen LogP contribution is -2.43. The highest BCUT2D eigenvalue weighted by molar-refractivity contribution is 7.90. The molecule has 3 nitrogen and oxygen atoms in total. The smallest absolute Gasteiger partial charge is 0.284 e. The second kappa shape index (κ2) is 8.56. The number of halogens is 3. The molecule has 0 atom stereocenters. The van der Waals surface area contributed by atoms with Crippen molar-refractivity contribution in [2.24, 2.45) is 0 Å². The first kappa shape index (κ1) is 22.3. The summed E-state index contributed by atoms with van der Waals surface area (Å²) >= 11 is 0. The Morgan fingerprint density at radius 2 is 1.38 bits per heavy atom. The lowest BCUT2D eigenvalue weighted by Gasteiger charge is -2.41. The van der Waals surface area contributed by atoms with Crippen LogP contribution in [-0.2, 0) is 16.0 Å². The summed E-state index contributed by atoms with van der Waals surface area (Å²) in [6, 6.07) is 23.5. The Hall–Kier alpha value is -2.90.